The summed E-state index contributed by atoms with van der Waals surface area (Å²) in [4.78, 5) is 82.0. The molecule has 4 amide bonds. The first-order chi connectivity index (χ1) is 24.3. The van der Waals surface area contributed by atoms with Gasteiger partial charge in [0, 0.05) is 66.7 Å². The number of nitrogens with zero attached hydrogens (tertiary/aromatic N) is 4. The highest BCUT2D eigenvalue weighted by Gasteiger charge is 2.50. The standard InChI is InChI=1S/C35H40F2N5O7PS2/c1-34(2,3)29(39-30(44)27-20-22-19-23(10-13-26(22)52-27)35(36,37)50(47,48)49)33(46)42-16-6-7-25(42)32(45)41(17-14-28(43)40(4)5)24-11-8-21(9-12-24)31-38-15-18-51-31/h8-13,15,18-20,25,29H,6-7,14,16-17H2,1-5H3,(H,39,44)(H2,47,48,49)/t25-,29+/m0/s1. The van der Waals surface area contributed by atoms with E-state index in [1.54, 1.807) is 53.2 Å². The minimum Gasteiger partial charge on any atom is -0.349 e. The predicted molar refractivity (Wildman–Crippen MR) is 196 cm³/mol. The minimum atomic E-state index is -5.80. The van der Waals surface area contributed by atoms with Gasteiger partial charge in [0.2, 0.25) is 17.7 Å². The number of benzene rings is 2. The summed E-state index contributed by atoms with van der Waals surface area (Å²) in [6.07, 6.45) is 2.68. The molecule has 1 aliphatic rings. The van der Waals surface area contributed by atoms with E-state index in [1.807, 2.05) is 17.5 Å². The van der Waals surface area contributed by atoms with Gasteiger partial charge in [0.1, 0.15) is 17.1 Å². The van der Waals surface area contributed by atoms with Gasteiger partial charge in [-0.25, -0.2) is 4.98 Å². The number of carbonyl (C=O) groups excluding carboxylic acids is 4. The maximum Gasteiger partial charge on any atom is 0.399 e. The molecule has 12 nitrogen and oxygen atoms in total. The Hall–Kier alpha value is -4.08. The molecule has 1 saturated heterocycles. The topological polar surface area (TPSA) is 160 Å². The van der Waals surface area contributed by atoms with Crippen LogP contribution in [0.15, 0.2) is 60.1 Å². The molecule has 52 heavy (non-hydrogen) atoms. The molecular formula is C35H40F2N5O7PS2. The number of thiophene rings is 1. The van der Waals surface area contributed by atoms with Gasteiger partial charge in [-0.3, -0.25) is 23.7 Å². The van der Waals surface area contributed by atoms with Crippen LogP contribution in [0.3, 0.4) is 0 Å². The highest BCUT2D eigenvalue weighted by molar-refractivity contribution is 7.52. The van der Waals surface area contributed by atoms with Crippen molar-refractivity contribution in [1.82, 2.24) is 20.1 Å². The Bertz CT molecular complexity index is 2010. The SMILES string of the molecule is CN(C)C(=O)CCN(C(=O)[C@@H]1CCCN1C(=O)[C@@H](NC(=O)c1cc2cc(C(F)(F)P(=O)(O)O)ccc2s1)C(C)(C)C)c1ccc(-c2nccs2)cc1. The van der Waals surface area contributed by atoms with Crippen LogP contribution in [0.5, 0.6) is 0 Å². The van der Waals surface area contributed by atoms with Crippen molar-refractivity contribution < 1.29 is 42.3 Å². The third-order valence-corrected chi connectivity index (χ3v) is 11.8. The van der Waals surface area contributed by atoms with Crippen molar-refractivity contribution in [3.05, 3.63) is 70.5 Å². The molecule has 0 bridgehead atoms. The molecule has 0 unspecified atom stereocenters. The lowest BCUT2D eigenvalue weighted by atomic mass is 9.85. The number of fused-ring (bicyclic) bond motifs is 1. The van der Waals surface area contributed by atoms with Gasteiger partial charge >= 0.3 is 13.3 Å². The zero-order valence-corrected chi connectivity index (χ0v) is 31.7. The first-order valence-corrected chi connectivity index (χ1v) is 19.7. The molecule has 0 spiro atoms. The van der Waals surface area contributed by atoms with Crippen molar-refractivity contribution in [1.29, 1.82) is 0 Å². The zero-order valence-electron chi connectivity index (χ0n) is 29.2. The van der Waals surface area contributed by atoms with Gasteiger partial charge in [0.05, 0.1) is 4.88 Å². The van der Waals surface area contributed by atoms with Gasteiger partial charge in [-0.1, -0.05) is 26.8 Å². The fourth-order valence-electron chi connectivity index (χ4n) is 5.94. The average molecular weight is 776 g/mol. The van der Waals surface area contributed by atoms with E-state index in [0.717, 1.165) is 34.0 Å². The highest BCUT2D eigenvalue weighted by Crippen LogP contribution is 2.59. The number of amides is 4. The van der Waals surface area contributed by atoms with Crippen molar-refractivity contribution in [2.45, 2.75) is 57.8 Å². The van der Waals surface area contributed by atoms with Crippen LogP contribution in [0.4, 0.5) is 14.5 Å². The first-order valence-electron chi connectivity index (χ1n) is 16.4. The molecule has 2 atom stereocenters. The Morgan fingerprint density at radius 2 is 1.77 bits per heavy atom. The molecule has 5 rings (SSSR count). The average Bonchev–Trinajstić information content (AvgIpc) is 3.87. The number of aromatic nitrogens is 1. The minimum absolute atomic E-state index is 0.0575. The highest BCUT2D eigenvalue weighted by atomic mass is 32.1. The number of anilines is 1. The number of thiazole rings is 1. The molecule has 0 aliphatic carbocycles. The van der Waals surface area contributed by atoms with E-state index in [9.17, 15) is 32.5 Å². The van der Waals surface area contributed by atoms with Crippen molar-refractivity contribution in [2.75, 3.05) is 32.1 Å². The molecule has 17 heteroatoms. The molecule has 2 aromatic carbocycles. The van der Waals surface area contributed by atoms with Crippen LogP contribution in [0.2, 0.25) is 0 Å². The van der Waals surface area contributed by atoms with Gasteiger partial charge in [0.15, 0.2) is 0 Å². The van der Waals surface area contributed by atoms with Crippen LogP contribution in [-0.2, 0) is 24.6 Å². The van der Waals surface area contributed by atoms with Gasteiger partial charge in [-0.2, -0.15) is 8.78 Å². The molecule has 3 N–H and O–H groups in total. The summed E-state index contributed by atoms with van der Waals surface area (Å²) in [5.41, 5.74) is -4.69. The van der Waals surface area contributed by atoms with E-state index >= 15 is 0 Å². The van der Waals surface area contributed by atoms with Gasteiger partial charge in [0.25, 0.3) is 5.91 Å². The fourth-order valence-corrected chi connectivity index (χ4v) is 8.01. The fraction of sp³-hybridized carbons (Fsp3) is 0.400. The normalized spacial score (nSPS) is 15.8. The van der Waals surface area contributed by atoms with Crippen LogP contribution >= 0.6 is 30.3 Å². The molecule has 0 saturated carbocycles. The predicted octanol–water partition coefficient (Wildman–Crippen LogP) is 5.90. The largest absolute Gasteiger partial charge is 0.399 e. The number of carbonyl (C=O) groups is 4. The third kappa shape index (κ3) is 8.26. The molecule has 3 heterocycles. The van der Waals surface area contributed by atoms with Crippen LogP contribution in [0.1, 0.15) is 55.3 Å². The van der Waals surface area contributed by atoms with Crippen LogP contribution in [0.25, 0.3) is 20.7 Å². The summed E-state index contributed by atoms with van der Waals surface area (Å²) in [6, 6.07) is 9.74. The number of hydrogen-bond donors (Lipinski definition) is 3. The van der Waals surface area contributed by atoms with Gasteiger partial charge in [-0.15, -0.1) is 22.7 Å². The quantitative estimate of drug-likeness (QED) is 0.159. The number of alkyl halides is 2. The second-order valence-corrected chi connectivity index (χ2v) is 17.5. The van der Waals surface area contributed by atoms with E-state index in [2.05, 4.69) is 10.3 Å². The smallest absolute Gasteiger partial charge is 0.349 e. The van der Waals surface area contributed by atoms with E-state index in [4.69, 9.17) is 9.79 Å². The van der Waals surface area contributed by atoms with Crippen LogP contribution in [-0.4, -0.2) is 87.5 Å². The Morgan fingerprint density at radius 3 is 2.37 bits per heavy atom. The number of likely N-dealkylation sites (tertiary alicyclic amines) is 1. The molecule has 278 valence electrons. The zero-order chi connectivity index (χ0) is 38.2. The summed E-state index contributed by atoms with van der Waals surface area (Å²) in [6.45, 7) is 5.66. The summed E-state index contributed by atoms with van der Waals surface area (Å²) in [5, 5.41) is 5.66. The lowest BCUT2D eigenvalue weighted by Crippen LogP contribution is -2.58. The summed E-state index contributed by atoms with van der Waals surface area (Å²) in [7, 11) is -2.53. The van der Waals surface area contributed by atoms with Gasteiger partial charge < -0.3 is 29.8 Å². The first kappa shape index (κ1) is 39.1. The Balaban J connectivity index is 1.39. The van der Waals surface area contributed by atoms with E-state index in [-0.39, 0.29) is 41.6 Å². The molecule has 4 aromatic rings. The lowest BCUT2D eigenvalue weighted by molar-refractivity contribution is -0.141. The molecule has 1 fully saturated rings. The molecular weight excluding hydrogens is 736 g/mol. The summed E-state index contributed by atoms with van der Waals surface area (Å²) in [5.74, 6) is -1.64. The molecule has 1 aliphatic heterocycles. The summed E-state index contributed by atoms with van der Waals surface area (Å²) < 4.78 is 40.6. The van der Waals surface area contributed by atoms with Crippen LogP contribution in [0, 0.1) is 5.41 Å². The van der Waals surface area contributed by atoms with Crippen molar-refractivity contribution in [3.63, 3.8) is 0 Å². The van der Waals surface area contributed by atoms with Crippen molar-refractivity contribution in [3.8, 4) is 10.6 Å². The van der Waals surface area contributed by atoms with E-state index in [1.165, 1.54) is 38.2 Å². The number of halogens is 2. The third-order valence-electron chi connectivity index (χ3n) is 8.83. The Kier molecular flexibility index (Phi) is 11.4. The lowest BCUT2D eigenvalue weighted by Gasteiger charge is -2.36. The second-order valence-electron chi connectivity index (χ2n) is 13.8. The molecule has 2 aromatic heterocycles. The van der Waals surface area contributed by atoms with E-state index < -0.39 is 48.1 Å². The summed E-state index contributed by atoms with van der Waals surface area (Å²) >= 11 is 2.45. The van der Waals surface area contributed by atoms with Gasteiger partial charge in [-0.05, 0) is 66.1 Å². The monoisotopic (exact) mass is 775 g/mol. The second kappa shape index (κ2) is 15.1. The van der Waals surface area contributed by atoms with Crippen molar-refractivity contribution in [2.24, 2.45) is 5.41 Å². The van der Waals surface area contributed by atoms with Crippen LogP contribution < -0.4 is 10.2 Å². The molecule has 0 radical (unpaired) electrons. The Labute approximate surface area is 307 Å². The number of nitrogens with one attached hydrogen (secondary N) is 1. The maximum atomic E-state index is 14.4. The van der Waals surface area contributed by atoms with E-state index in [0.29, 0.717) is 23.2 Å². The maximum absolute atomic E-state index is 14.4. The number of rotatable bonds is 11. The number of hydrogen-bond acceptors (Lipinski definition) is 8. The Morgan fingerprint density at radius 1 is 1.08 bits per heavy atom. The van der Waals surface area contributed by atoms with Crippen molar-refractivity contribution >= 4 is 69.7 Å².